The molecule has 11 heteroatoms. The summed E-state index contributed by atoms with van der Waals surface area (Å²) in [4.78, 5) is 18.9. The van der Waals surface area contributed by atoms with E-state index in [1.165, 1.54) is 11.8 Å². The van der Waals surface area contributed by atoms with E-state index in [0.717, 1.165) is 17.5 Å². The van der Waals surface area contributed by atoms with Crippen LogP contribution in [-0.4, -0.2) is 40.5 Å². The number of anilines is 2. The maximum Gasteiger partial charge on any atom is 0.255 e. The molecule has 0 bridgehead atoms. The van der Waals surface area contributed by atoms with E-state index in [1.807, 2.05) is 87.5 Å². The first kappa shape index (κ1) is 31.3. The van der Waals surface area contributed by atoms with Gasteiger partial charge in [0.25, 0.3) is 5.91 Å². The van der Waals surface area contributed by atoms with Crippen molar-refractivity contribution in [1.82, 2.24) is 14.8 Å². The van der Waals surface area contributed by atoms with E-state index in [-0.39, 0.29) is 5.91 Å². The Balaban J connectivity index is 1.54. The van der Waals surface area contributed by atoms with Gasteiger partial charge in [-0.1, -0.05) is 66.7 Å². The summed E-state index contributed by atoms with van der Waals surface area (Å²) in [7, 11) is 0. The Kier molecular flexibility index (Phi) is 10.3. The number of hydrogen-bond donors (Lipinski definition) is 2. The van der Waals surface area contributed by atoms with Crippen LogP contribution in [-0.2, 0) is 10.5 Å². The molecule has 2 heterocycles. The first-order valence-corrected chi connectivity index (χ1v) is 16.0. The minimum Gasteiger partial charge on any atom is -0.492 e. The van der Waals surface area contributed by atoms with Gasteiger partial charge in [0.15, 0.2) is 11.5 Å². The second-order valence-electron chi connectivity index (χ2n) is 9.98. The number of halogens is 1. The molecule has 0 saturated carbocycles. The predicted molar refractivity (Wildman–Crippen MR) is 175 cm³/mol. The van der Waals surface area contributed by atoms with Crippen LogP contribution in [0, 0.1) is 0 Å². The van der Waals surface area contributed by atoms with E-state index in [1.54, 1.807) is 4.68 Å². The van der Waals surface area contributed by atoms with E-state index >= 15 is 0 Å². The molecule has 0 radical (unpaired) electrons. The number of allylic oxidation sites excluding steroid dienone is 1. The standard InChI is InChI=1S/C33H36ClN5O4S/c1-5-18-43-27-17-16-22(19-28(27)42-7-3)30-29(31(40)36-25-14-10-11-15-26(25)41-6-2)21(4)35-32-37-33(38-39(30)32)44-20-23-12-8-9-13-24(23)34/h8-17,19,30H,5-7,18,20H2,1-4H3,(H,36,40)(H,35,37,38). The van der Waals surface area contributed by atoms with Gasteiger partial charge in [-0.25, -0.2) is 4.68 Å². The normalized spacial score (nSPS) is 14.1. The number of hydrogen-bond acceptors (Lipinski definition) is 8. The van der Waals surface area contributed by atoms with Crippen LogP contribution in [0.15, 0.2) is 83.2 Å². The van der Waals surface area contributed by atoms with Gasteiger partial charge >= 0.3 is 0 Å². The Labute approximate surface area is 267 Å². The lowest BCUT2D eigenvalue weighted by Crippen LogP contribution is -2.31. The summed E-state index contributed by atoms with van der Waals surface area (Å²) in [5.74, 6) is 2.69. The molecule has 0 fully saturated rings. The minimum absolute atomic E-state index is 0.289. The van der Waals surface area contributed by atoms with Gasteiger partial charge in [0, 0.05) is 16.5 Å². The second kappa shape index (κ2) is 14.5. The predicted octanol–water partition coefficient (Wildman–Crippen LogP) is 7.74. The van der Waals surface area contributed by atoms with Gasteiger partial charge in [-0.3, -0.25) is 4.79 Å². The summed E-state index contributed by atoms with van der Waals surface area (Å²) in [6.07, 6.45) is 0.869. The summed E-state index contributed by atoms with van der Waals surface area (Å²) in [5.41, 5.74) is 3.52. The maximum atomic E-state index is 14.1. The molecule has 4 aromatic rings. The summed E-state index contributed by atoms with van der Waals surface area (Å²) in [6.45, 7) is 9.26. The van der Waals surface area contributed by atoms with E-state index in [4.69, 9.17) is 35.9 Å². The Morgan fingerprint density at radius 2 is 1.73 bits per heavy atom. The molecule has 1 amide bonds. The zero-order valence-electron chi connectivity index (χ0n) is 25.2. The van der Waals surface area contributed by atoms with Crippen LogP contribution in [0.2, 0.25) is 5.02 Å². The van der Waals surface area contributed by atoms with Crippen LogP contribution < -0.4 is 24.8 Å². The summed E-state index contributed by atoms with van der Waals surface area (Å²) in [6, 6.07) is 20.2. The number of fused-ring (bicyclic) bond motifs is 1. The molecule has 44 heavy (non-hydrogen) atoms. The lowest BCUT2D eigenvalue weighted by molar-refractivity contribution is -0.113. The fourth-order valence-electron chi connectivity index (χ4n) is 4.89. The van der Waals surface area contributed by atoms with Gasteiger partial charge in [-0.2, -0.15) is 4.98 Å². The largest absolute Gasteiger partial charge is 0.492 e. The zero-order valence-corrected chi connectivity index (χ0v) is 26.8. The smallest absolute Gasteiger partial charge is 0.255 e. The molecule has 5 rings (SSSR count). The van der Waals surface area contributed by atoms with Crippen molar-refractivity contribution >= 4 is 40.9 Å². The summed E-state index contributed by atoms with van der Waals surface area (Å²) < 4.78 is 19.5. The summed E-state index contributed by atoms with van der Waals surface area (Å²) >= 11 is 7.87. The van der Waals surface area contributed by atoms with Crippen molar-refractivity contribution in [2.24, 2.45) is 0 Å². The van der Waals surface area contributed by atoms with Crippen molar-refractivity contribution in [2.45, 2.75) is 51.1 Å². The van der Waals surface area contributed by atoms with Crippen LogP contribution in [0.4, 0.5) is 11.6 Å². The molecule has 1 unspecified atom stereocenters. The number of benzene rings is 3. The number of rotatable bonds is 13. The molecule has 1 atom stereocenters. The Morgan fingerprint density at radius 3 is 2.50 bits per heavy atom. The molecule has 3 aromatic carbocycles. The molecule has 230 valence electrons. The molecule has 2 N–H and O–H groups in total. The maximum absolute atomic E-state index is 14.1. The van der Waals surface area contributed by atoms with Crippen LogP contribution in [0.3, 0.4) is 0 Å². The number of carbonyl (C=O) groups is 1. The number of para-hydroxylation sites is 2. The number of thioether (sulfide) groups is 1. The van der Waals surface area contributed by atoms with Crippen LogP contribution in [0.1, 0.15) is 51.3 Å². The molecule has 9 nitrogen and oxygen atoms in total. The highest BCUT2D eigenvalue weighted by molar-refractivity contribution is 7.98. The lowest BCUT2D eigenvalue weighted by Gasteiger charge is -2.29. The van der Waals surface area contributed by atoms with E-state index in [2.05, 4.69) is 17.6 Å². The minimum atomic E-state index is -0.605. The third kappa shape index (κ3) is 6.97. The Morgan fingerprint density at radius 1 is 0.977 bits per heavy atom. The zero-order chi connectivity index (χ0) is 31.1. The van der Waals surface area contributed by atoms with Gasteiger partial charge in [-0.05, 0) is 68.7 Å². The van der Waals surface area contributed by atoms with Crippen molar-refractivity contribution < 1.29 is 19.0 Å². The van der Waals surface area contributed by atoms with E-state index in [9.17, 15) is 4.79 Å². The van der Waals surface area contributed by atoms with Crippen LogP contribution in [0.25, 0.3) is 0 Å². The van der Waals surface area contributed by atoms with E-state index in [0.29, 0.717) is 75.9 Å². The lowest BCUT2D eigenvalue weighted by atomic mass is 9.94. The third-order valence-electron chi connectivity index (χ3n) is 6.87. The summed E-state index contributed by atoms with van der Waals surface area (Å²) in [5, 5.41) is 12.5. The topological polar surface area (TPSA) is 99.5 Å². The SMILES string of the molecule is CCCOc1ccc(C2C(C(=O)Nc3ccccc3OCC)=C(C)Nc3nc(SCc4ccccc4Cl)nn32)cc1OCC. The second-order valence-corrected chi connectivity index (χ2v) is 11.3. The highest BCUT2D eigenvalue weighted by Crippen LogP contribution is 2.40. The fourth-order valence-corrected chi connectivity index (χ4v) is 6.00. The monoisotopic (exact) mass is 633 g/mol. The highest BCUT2D eigenvalue weighted by Gasteiger charge is 2.35. The quantitative estimate of drug-likeness (QED) is 0.144. The van der Waals surface area contributed by atoms with Crippen molar-refractivity contribution in [2.75, 3.05) is 30.5 Å². The molecule has 1 aliphatic heterocycles. The van der Waals surface area contributed by atoms with Gasteiger partial charge in [-0.15, -0.1) is 5.10 Å². The number of amides is 1. The average molecular weight is 634 g/mol. The molecule has 0 aliphatic carbocycles. The molecule has 1 aromatic heterocycles. The van der Waals surface area contributed by atoms with Crippen molar-refractivity contribution in [3.8, 4) is 17.2 Å². The van der Waals surface area contributed by atoms with Gasteiger partial charge in [0.05, 0.1) is 31.1 Å². The van der Waals surface area contributed by atoms with Crippen molar-refractivity contribution in [1.29, 1.82) is 0 Å². The number of ether oxygens (including phenoxy) is 3. The molecular formula is C33H36ClN5O4S. The van der Waals surface area contributed by atoms with Gasteiger partial charge < -0.3 is 24.8 Å². The first-order valence-electron chi connectivity index (χ1n) is 14.7. The molecular weight excluding hydrogens is 598 g/mol. The Hall–Kier alpha value is -4.15. The van der Waals surface area contributed by atoms with Crippen molar-refractivity contribution in [3.63, 3.8) is 0 Å². The number of nitrogens with one attached hydrogen (secondary N) is 2. The first-order chi connectivity index (χ1) is 21.4. The third-order valence-corrected chi connectivity index (χ3v) is 8.13. The van der Waals surface area contributed by atoms with Crippen LogP contribution in [0.5, 0.6) is 17.2 Å². The molecule has 0 saturated heterocycles. The number of aromatic nitrogens is 3. The molecule has 1 aliphatic rings. The van der Waals surface area contributed by atoms with Gasteiger partial charge in [0.2, 0.25) is 11.1 Å². The number of nitrogens with zero attached hydrogens (tertiary/aromatic N) is 3. The highest BCUT2D eigenvalue weighted by atomic mass is 35.5. The molecule has 0 spiro atoms. The Bertz CT molecular complexity index is 1660. The fraction of sp³-hybridized carbons (Fsp3) is 0.303. The number of carbonyl (C=O) groups excluding carboxylic acids is 1. The van der Waals surface area contributed by atoms with Crippen LogP contribution >= 0.6 is 23.4 Å². The van der Waals surface area contributed by atoms with E-state index < -0.39 is 6.04 Å². The average Bonchev–Trinajstić information content (AvgIpc) is 3.43. The van der Waals surface area contributed by atoms with Gasteiger partial charge in [0.1, 0.15) is 11.8 Å². The van der Waals surface area contributed by atoms with Crippen molar-refractivity contribution in [3.05, 3.63) is 94.1 Å².